The normalized spacial score (nSPS) is 26.8. The molecular weight excluding hydrogens is 276 g/mol. The van der Waals surface area contributed by atoms with Gasteiger partial charge in [0.2, 0.25) is 0 Å². The first-order chi connectivity index (χ1) is 8.15. The molecule has 3 atom stereocenters. The lowest BCUT2D eigenvalue weighted by Crippen LogP contribution is -2.40. The second-order valence-electron chi connectivity index (χ2n) is 5.06. The van der Waals surface area contributed by atoms with Crippen molar-refractivity contribution in [2.75, 3.05) is 0 Å². The van der Waals surface area contributed by atoms with Gasteiger partial charge in [0, 0.05) is 22.6 Å². The van der Waals surface area contributed by atoms with E-state index in [-0.39, 0.29) is 0 Å². The first kappa shape index (κ1) is 13.1. The Balaban J connectivity index is 1.91. The lowest BCUT2D eigenvalue weighted by Gasteiger charge is -2.30. The molecule has 1 aromatic carbocycles. The molecule has 0 aliphatic heterocycles. The van der Waals surface area contributed by atoms with E-state index in [0.29, 0.717) is 18.1 Å². The summed E-state index contributed by atoms with van der Waals surface area (Å²) in [5.74, 6) is 0. The lowest BCUT2D eigenvalue weighted by molar-refractivity contribution is 0.319. The molecule has 0 spiro atoms. The van der Waals surface area contributed by atoms with Gasteiger partial charge >= 0.3 is 0 Å². The van der Waals surface area contributed by atoms with Crippen LogP contribution in [-0.2, 0) is 0 Å². The van der Waals surface area contributed by atoms with Crippen LogP contribution in [-0.4, -0.2) is 12.1 Å². The molecular formula is C14H21BrN2. The van der Waals surface area contributed by atoms with Crippen molar-refractivity contribution < 1.29 is 0 Å². The van der Waals surface area contributed by atoms with Gasteiger partial charge in [-0.15, -0.1) is 0 Å². The predicted molar refractivity (Wildman–Crippen MR) is 75.9 cm³/mol. The van der Waals surface area contributed by atoms with Gasteiger partial charge in [0.1, 0.15) is 0 Å². The molecule has 17 heavy (non-hydrogen) atoms. The summed E-state index contributed by atoms with van der Waals surface area (Å²) in [6.45, 7) is 2.23. The molecule has 94 valence electrons. The highest BCUT2D eigenvalue weighted by molar-refractivity contribution is 9.10. The third kappa shape index (κ3) is 3.80. The van der Waals surface area contributed by atoms with Crippen molar-refractivity contribution in [1.82, 2.24) is 5.32 Å². The summed E-state index contributed by atoms with van der Waals surface area (Å²) in [6, 6.07) is 9.91. The van der Waals surface area contributed by atoms with Crippen molar-refractivity contribution in [1.29, 1.82) is 0 Å². The Morgan fingerprint density at radius 3 is 2.65 bits per heavy atom. The maximum Gasteiger partial charge on any atom is 0.0294 e. The number of hydrogen-bond acceptors (Lipinski definition) is 2. The fraction of sp³-hybridized carbons (Fsp3) is 0.571. The molecule has 0 radical (unpaired) electrons. The van der Waals surface area contributed by atoms with Gasteiger partial charge in [0.15, 0.2) is 0 Å². The van der Waals surface area contributed by atoms with E-state index in [1.54, 1.807) is 0 Å². The highest BCUT2D eigenvalue weighted by Gasteiger charge is 2.20. The molecule has 2 nitrogen and oxygen atoms in total. The second-order valence-corrected chi connectivity index (χ2v) is 5.98. The molecule has 0 aromatic heterocycles. The van der Waals surface area contributed by atoms with Gasteiger partial charge in [-0.3, -0.25) is 0 Å². The SMILES string of the molecule is CC(NC1CCCC(N)C1)c1ccc(Br)cc1. The van der Waals surface area contributed by atoms with E-state index in [1.807, 2.05) is 0 Å². The molecule has 2 rings (SSSR count). The third-order valence-electron chi connectivity index (χ3n) is 3.57. The van der Waals surface area contributed by atoms with Gasteiger partial charge in [0.25, 0.3) is 0 Å². The molecule has 1 fully saturated rings. The standard InChI is InChI=1S/C14H21BrN2/c1-10(11-5-7-12(15)8-6-11)17-14-4-2-3-13(16)9-14/h5-8,10,13-14,17H,2-4,9,16H2,1H3. The molecule has 1 aliphatic rings. The van der Waals surface area contributed by atoms with Gasteiger partial charge < -0.3 is 11.1 Å². The van der Waals surface area contributed by atoms with Gasteiger partial charge in [0.05, 0.1) is 0 Å². The Morgan fingerprint density at radius 1 is 1.29 bits per heavy atom. The molecule has 0 amide bonds. The van der Waals surface area contributed by atoms with Crippen LogP contribution in [0.1, 0.15) is 44.2 Å². The number of nitrogens with two attached hydrogens (primary N) is 1. The fourth-order valence-corrected chi connectivity index (χ4v) is 2.84. The van der Waals surface area contributed by atoms with Crippen molar-refractivity contribution in [3.63, 3.8) is 0 Å². The monoisotopic (exact) mass is 296 g/mol. The Labute approximate surface area is 112 Å². The summed E-state index contributed by atoms with van der Waals surface area (Å²) in [6.07, 6.45) is 4.81. The van der Waals surface area contributed by atoms with E-state index in [1.165, 1.54) is 24.8 Å². The van der Waals surface area contributed by atoms with Gasteiger partial charge in [-0.1, -0.05) is 34.5 Å². The number of nitrogens with one attached hydrogen (secondary N) is 1. The largest absolute Gasteiger partial charge is 0.328 e. The lowest BCUT2D eigenvalue weighted by atomic mass is 9.91. The van der Waals surface area contributed by atoms with Gasteiger partial charge in [-0.2, -0.15) is 0 Å². The van der Waals surface area contributed by atoms with Crippen molar-refractivity contribution >= 4 is 15.9 Å². The molecule has 0 bridgehead atoms. The summed E-state index contributed by atoms with van der Waals surface area (Å²) in [5, 5.41) is 3.69. The van der Waals surface area contributed by atoms with Gasteiger partial charge in [-0.05, 0) is 43.9 Å². The predicted octanol–water partition coefficient (Wildman–Crippen LogP) is 3.37. The summed E-state index contributed by atoms with van der Waals surface area (Å²) in [4.78, 5) is 0. The summed E-state index contributed by atoms with van der Waals surface area (Å²) in [5.41, 5.74) is 7.35. The second kappa shape index (κ2) is 5.98. The molecule has 3 heteroatoms. The van der Waals surface area contributed by atoms with E-state index in [4.69, 9.17) is 5.73 Å². The molecule has 3 unspecified atom stereocenters. The van der Waals surface area contributed by atoms with Crippen LogP contribution in [0.5, 0.6) is 0 Å². The zero-order chi connectivity index (χ0) is 12.3. The van der Waals surface area contributed by atoms with Gasteiger partial charge in [-0.25, -0.2) is 0 Å². The molecule has 0 saturated heterocycles. The number of halogens is 1. The average Bonchev–Trinajstić information content (AvgIpc) is 2.29. The first-order valence-electron chi connectivity index (χ1n) is 6.42. The van der Waals surface area contributed by atoms with Crippen molar-refractivity contribution in [3.8, 4) is 0 Å². The minimum Gasteiger partial charge on any atom is -0.328 e. The topological polar surface area (TPSA) is 38.0 Å². The van der Waals surface area contributed by atoms with Crippen molar-refractivity contribution in [3.05, 3.63) is 34.3 Å². The zero-order valence-corrected chi connectivity index (χ0v) is 11.9. The molecule has 3 N–H and O–H groups in total. The summed E-state index contributed by atoms with van der Waals surface area (Å²) in [7, 11) is 0. The number of hydrogen-bond donors (Lipinski definition) is 2. The molecule has 1 saturated carbocycles. The highest BCUT2D eigenvalue weighted by Crippen LogP contribution is 2.22. The van der Waals surface area contributed by atoms with E-state index < -0.39 is 0 Å². The van der Waals surface area contributed by atoms with Crippen LogP contribution in [0.15, 0.2) is 28.7 Å². The third-order valence-corrected chi connectivity index (χ3v) is 4.10. The number of rotatable bonds is 3. The fourth-order valence-electron chi connectivity index (χ4n) is 2.58. The summed E-state index contributed by atoms with van der Waals surface area (Å²) < 4.78 is 1.13. The van der Waals surface area contributed by atoms with Crippen LogP contribution in [0.3, 0.4) is 0 Å². The Hall–Kier alpha value is -0.380. The first-order valence-corrected chi connectivity index (χ1v) is 7.21. The minimum atomic E-state index is 0.387. The smallest absolute Gasteiger partial charge is 0.0294 e. The minimum absolute atomic E-state index is 0.387. The van der Waals surface area contributed by atoms with Crippen LogP contribution in [0, 0.1) is 0 Å². The maximum atomic E-state index is 6.01. The molecule has 1 aromatic rings. The Bertz CT molecular complexity index is 350. The van der Waals surface area contributed by atoms with Crippen LogP contribution in [0.25, 0.3) is 0 Å². The van der Waals surface area contributed by atoms with E-state index >= 15 is 0 Å². The number of benzene rings is 1. The molecule has 1 aliphatic carbocycles. The Morgan fingerprint density at radius 2 is 2.00 bits per heavy atom. The van der Waals surface area contributed by atoms with E-state index in [2.05, 4.69) is 52.4 Å². The van der Waals surface area contributed by atoms with Crippen LogP contribution in [0.2, 0.25) is 0 Å². The zero-order valence-electron chi connectivity index (χ0n) is 10.3. The van der Waals surface area contributed by atoms with Crippen molar-refractivity contribution in [2.24, 2.45) is 5.73 Å². The Kier molecular flexibility index (Phi) is 4.60. The van der Waals surface area contributed by atoms with Crippen LogP contribution in [0.4, 0.5) is 0 Å². The van der Waals surface area contributed by atoms with Crippen LogP contribution < -0.4 is 11.1 Å². The average molecular weight is 297 g/mol. The van der Waals surface area contributed by atoms with Crippen molar-refractivity contribution in [2.45, 2.75) is 50.7 Å². The quantitative estimate of drug-likeness (QED) is 0.897. The highest BCUT2D eigenvalue weighted by atomic mass is 79.9. The van der Waals surface area contributed by atoms with E-state index in [0.717, 1.165) is 10.9 Å². The maximum absolute atomic E-state index is 6.01. The summed E-state index contributed by atoms with van der Waals surface area (Å²) >= 11 is 3.46. The molecule has 0 heterocycles. The van der Waals surface area contributed by atoms with E-state index in [9.17, 15) is 0 Å². The van der Waals surface area contributed by atoms with Crippen LogP contribution >= 0.6 is 15.9 Å².